The second-order valence-electron chi connectivity index (χ2n) is 4.33. The van der Waals surface area contributed by atoms with Crippen molar-refractivity contribution in [3.63, 3.8) is 0 Å². The van der Waals surface area contributed by atoms with Crippen molar-refractivity contribution in [3.8, 4) is 0 Å². The Balaban J connectivity index is 2.28. The van der Waals surface area contributed by atoms with Gasteiger partial charge in [-0.25, -0.2) is 0 Å². The zero-order valence-corrected chi connectivity index (χ0v) is 8.66. The lowest BCUT2D eigenvalue weighted by Crippen LogP contribution is -2.14. The smallest absolute Gasteiger partial charge is 0.0346 e. The zero-order valence-electron chi connectivity index (χ0n) is 8.66. The van der Waals surface area contributed by atoms with Crippen molar-refractivity contribution in [2.24, 2.45) is 5.73 Å². The number of benzene rings is 1. The van der Waals surface area contributed by atoms with Crippen LogP contribution in [0.25, 0.3) is 0 Å². The van der Waals surface area contributed by atoms with Crippen LogP contribution >= 0.6 is 0 Å². The van der Waals surface area contributed by atoms with E-state index in [1.807, 2.05) is 12.1 Å². The summed E-state index contributed by atoms with van der Waals surface area (Å²) in [4.78, 5) is 0. The normalized spacial score (nSPS) is 26.7. The van der Waals surface area contributed by atoms with Crippen LogP contribution in [0, 0.1) is 6.92 Å². The molecule has 76 valence electrons. The Morgan fingerprint density at radius 3 is 2.71 bits per heavy atom. The largest absolute Gasteiger partial charge is 0.399 e. The summed E-state index contributed by atoms with van der Waals surface area (Å²) < 4.78 is 0. The average molecular weight is 190 g/mol. The van der Waals surface area contributed by atoms with Crippen molar-refractivity contribution < 1.29 is 0 Å². The fourth-order valence-corrected chi connectivity index (χ4v) is 2.41. The molecule has 2 rings (SSSR count). The molecule has 2 nitrogen and oxygen atoms in total. The Labute approximate surface area is 85.3 Å². The van der Waals surface area contributed by atoms with E-state index in [1.54, 1.807) is 0 Å². The molecule has 0 heterocycles. The molecule has 0 amide bonds. The maximum Gasteiger partial charge on any atom is 0.0346 e. The summed E-state index contributed by atoms with van der Waals surface area (Å²) in [6, 6.07) is 6.59. The fourth-order valence-electron chi connectivity index (χ4n) is 2.41. The molecule has 0 bridgehead atoms. The molecule has 0 saturated heterocycles. The van der Waals surface area contributed by atoms with Gasteiger partial charge < -0.3 is 11.5 Å². The summed E-state index contributed by atoms with van der Waals surface area (Å²) in [5, 5.41) is 0. The lowest BCUT2D eigenvalue weighted by atomic mass is 9.92. The van der Waals surface area contributed by atoms with Crippen LogP contribution in [0.2, 0.25) is 0 Å². The Kier molecular flexibility index (Phi) is 2.46. The highest BCUT2D eigenvalue weighted by Gasteiger charge is 2.24. The van der Waals surface area contributed by atoms with Gasteiger partial charge >= 0.3 is 0 Å². The van der Waals surface area contributed by atoms with Crippen LogP contribution in [0.3, 0.4) is 0 Å². The lowest BCUT2D eigenvalue weighted by Gasteiger charge is -2.14. The molecule has 0 aliphatic heterocycles. The third kappa shape index (κ3) is 1.62. The van der Waals surface area contributed by atoms with E-state index in [2.05, 4.69) is 13.0 Å². The molecular formula is C12H18N2. The molecule has 1 aliphatic carbocycles. The second kappa shape index (κ2) is 3.62. The van der Waals surface area contributed by atoms with Crippen molar-refractivity contribution in [2.45, 2.75) is 38.1 Å². The summed E-state index contributed by atoms with van der Waals surface area (Å²) in [5.41, 5.74) is 15.4. The number of anilines is 1. The van der Waals surface area contributed by atoms with Crippen LogP contribution in [0.4, 0.5) is 5.69 Å². The van der Waals surface area contributed by atoms with E-state index in [0.717, 1.165) is 18.5 Å². The van der Waals surface area contributed by atoms with Gasteiger partial charge in [-0.1, -0.05) is 12.1 Å². The highest BCUT2D eigenvalue weighted by molar-refractivity contribution is 5.51. The molecule has 2 atom stereocenters. The Hall–Kier alpha value is -1.02. The van der Waals surface area contributed by atoms with E-state index >= 15 is 0 Å². The highest BCUT2D eigenvalue weighted by atomic mass is 14.6. The number of nitrogen functional groups attached to an aromatic ring is 1. The minimum Gasteiger partial charge on any atom is -0.399 e. The van der Waals surface area contributed by atoms with Crippen molar-refractivity contribution in [1.82, 2.24) is 0 Å². The minimum absolute atomic E-state index is 0.390. The summed E-state index contributed by atoms with van der Waals surface area (Å²) >= 11 is 0. The van der Waals surface area contributed by atoms with Crippen molar-refractivity contribution in [2.75, 3.05) is 5.73 Å². The van der Waals surface area contributed by atoms with E-state index in [9.17, 15) is 0 Å². The molecule has 1 saturated carbocycles. The van der Waals surface area contributed by atoms with Crippen LogP contribution in [0.15, 0.2) is 18.2 Å². The quantitative estimate of drug-likeness (QED) is 0.667. The van der Waals surface area contributed by atoms with Crippen LogP contribution in [-0.2, 0) is 0 Å². The molecule has 1 fully saturated rings. The van der Waals surface area contributed by atoms with E-state index < -0.39 is 0 Å². The maximum atomic E-state index is 5.92. The number of rotatable bonds is 1. The van der Waals surface area contributed by atoms with E-state index in [4.69, 9.17) is 11.5 Å². The van der Waals surface area contributed by atoms with Gasteiger partial charge in [0, 0.05) is 11.7 Å². The van der Waals surface area contributed by atoms with Gasteiger partial charge in [0.15, 0.2) is 0 Å². The van der Waals surface area contributed by atoms with Gasteiger partial charge in [-0.15, -0.1) is 0 Å². The van der Waals surface area contributed by atoms with Gasteiger partial charge in [-0.05, 0) is 49.3 Å². The summed E-state index contributed by atoms with van der Waals surface area (Å²) in [5.74, 6) is 0.633. The number of hydrogen-bond acceptors (Lipinski definition) is 2. The maximum absolute atomic E-state index is 5.92. The number of hydrogen-bond donors (Lipinski definition) is 2. The Bertz CT molecular complexity index is 333. The SMILES string of the molecule is Cc1c(N)cccc1C1CCC(N)C1. The van der Waals surface area contributed by atoms with Gasteiger partial charge in [-0.3, -0.25) is 0 Å². The summed E-state index contributed by atoms with van der Waals surface area (Å²) in [7, 11) is 0. The Morgan fingerprint density at radius 1 is 1.29 bits per heavy atom. The zero-order chi connectivity index (χ0) is 10.1. The first-order valence-electron chi connectivity index (χ1n) is 5.29. The van der Waals surface area contributed by atoms with E-state index in [0.29, 0.717) is 12.0 Å². The molecule has 1 aromatic rings. The molecule has 1 aliphatic rings. The molecular weight excluding hydrogens is 172 g/mol. The highest BCUT2D eigenvalue weighted by Crippen LogP contribution is 2.36. The topological polar surface area (TPSA) is 52.0 Å². The molecule has 2 unspecified atom stereocenters. The minimum atomic E-state index is 0.390. The van der Waals surface area contributed by atoms with Crippen LogP contribution in [0.1, 0.15) is 36.3 Å². The first kappa shape index (κ1) is 9.53. The Morgan fingerprint density at radius 2 is 2.07 bits per heavy atom. The third-order valence-corrected chi connectivity index (χ3v) is 3.33. The first-order chi connectivity index (χ1) is 6.68. The number of nitrogens with two attached hydrogens (primary N) is 2. The van der Waals surface area contributed by atoms with E-state index in [1.165, 1.54) is 17.5 Å². The summed E-state index contributed by atoms with van der Waals surface area (Å²) in [6.45, 7) is 2.11. The third-order valence-electron chi connectivity index (χ3n) is 3.33. The van der Waals surface area contributed by atoms with E-state index in [-0.39, 0.29) is 0 Å². The van der Waals surface area contributed by atoms with Crippen LogP contribution < -0.4 is 11.5 Å². The lowest BCUT2D eigenvalue weighted by molar-refractivity contribution is 0.672. The molecule has 0 aromatic heterocycles. The fraction of sp³-hybridized carbons (Fsp3) is 0.500. The van der Waals surface area contributed by atoms with Gasteiger partial charge in [-0.2, -0.15) is 0 Å². The summed E-state index contributed by atoms with van der Waals surface area (Å²) in [6.07, 6.45) is 3.48. The van der Waals surface area contributed by atoms with Crippen molar-refractivity contribution >= 4 is 5.69 Å². The molecule has 0 spiro atoms. The van der Waals surface area contributed by atoms with Gasteiger partial charge in [0.1, 0.15) is 0 Å². The molecule has 0 radical (unpaired) electrons. The molecule has 4 N–H and O–H groups in total. The monoisotopic (exact) mass is 190 g/mol. The van der Waals surface area contributed by atoms with Gasteiger partial charge in [0.05, 0.1) is 0 Å². The van der Waals surface area contributed by atoms with Gasteiger partial charge in [0.2, 0.25) is 0 Å². The first-order valence-corrected chi connectivity index (χ1v) is 5.29. The predicted molar refractivity (Wildman–Crippen MR) is 60.2 cm³/mol. The predicted octanol–water partition coefficient (Wildman–Crippen LogP) is 2.17. The van der Waals surface area contributed by atoms with Crippen LogP contribution in [0.5, 0.6) is 0 Å². The molecule has 2 heteroatoms. The molecule has 1 aromatic carbocycles. The average Bonchev–Trinajstić information content (AvgIpc) is 2.57. The van der Waals surface area contributed by atoms with Crippen LogP contribution in [-0.4, -0.2) is 6.04 Å². The van der Waals surface area contributed by atoms with Gasteiger partial charge in [0.25, 0.3) is 0 Å². The molecule has 14 heavy (non-hydrogen) atoms. The second-order valence-corrected chi connectivity index (χ2v) is 4.33. The van der Waals surface area contributed by atoms with Crippen molar-refractivity contribution in [1.29, 1.82) is 0 Å². The van der Waals surface area contributed by atoms with Crippen molar-refractivity contribution in [3.05, 3.63) is 29.3 Å². The standard InChI is InChI=1S/C12H18N2/c1-8-11(3-2-4-12(8)14)9-5-6-10(13)7-9/h2-4,9-10H,5-7,13-14H2,1H3.